The number of unbranched alkanes of at least 4 members (excludes halogenated alkanes) is 2. The van der Waals surface area contributed by atoms with Crippen molar-refractivity contribution < 1.29 is 8.78 Å². The minimum atomic E-state index is -0.860. The molecule has 1 unspecified atom stereocenters. The molecule has 0 nitrogen and oxygen atoms in total. The summed E-state index contributed by atoms with van der Waals surface area (Å²) in [6.45, 7) is 4.68. The molecule has 0 aromatic heterocycles. The van der Waals surface area contributed by atoms with Crippen molar-refractivity contribution in [2.45, 2.75) is 71.6 Å². The molecule has 1 aliphatic carbocycles. The van der Waals surface area contributed by atoms with Gasteiger partial charge in [0, 0.05) is 11.1 Å². The molecule has 2 aromatic rings. The van der Waals surface area contributed by atoms with Crippen molar-refractivity contribution in [2.24, 2.45) is 17.8 Å². The third kappa shape index (κ3) is 6.69. The maximum absolute atomic E-state index is 13.3. The van der Waals surface area contributed by atoms with Gasteiger partial charge in [0.25, 0.3) is 0 Å². The molecular weight excluding hydrogens is 374 g/mol. The number of rotatable bonds is 7. The van der Waals surface area contributed by atoms with Crippen molar-refractivity contribution in [3.63, 3.8) is 0 Å². The highest BCUT2D eigenvalue weighted by Gasteiger charge is 2.25. The summed E-state index contributed by atoms with van der Waals surface area (Å²) >= 11 is 0. The van der Waals surface area contributed by atoms with E-state index in [4.69, 9.17) is 0 Å². The van der Waals surface area contributed by atoms with E-state index in [2.05, 4.69) is 37.8 Å². The summed E-state index contributed by atoms with van der Waals surface area (Å²) < 4.78 is 26.3. The average molecular weight is 409 g/mol. The molecule has 2 aromatic carbocycles. The molecule has 1 saturated carbocycles. The first-order chi connectivity index (χ1) is 14.5. The zero-order valence-corrected chi connectivity index (χ0v) is 18.4. The van der Waals surface area contributed by atoms with Gasteiger partial charge in [-0.05, 0) is 72.9 Å². The standard InChI is InChI=1S/C28H34F2/c1-3-4-5-6-22-13-16-26(17-14-22)21(2)19-24-10-7-23(8-11-24)9-12-25-15-18-27(29)28(30)20-25/h7-8,10-11,15,18,20-22,26H,3-6,13-14,16-17,19H2,1-2H3. The fraction of sp³-hybridized carbons (Fsp3) is 0.500. The maximum Gasteiger partial charge on any atom is 0.160 e. The Hall–Kier alpha value is -2.14. The van der Waals surface area contributed by atoms with Gasteiger partial charge in [0.2, 0.25) is 0 Å². The molecule has 0 aliphatic heterocycles. The van der Waals surface area contributed by atoms with Crippen LogP contribution in [0.2, 0.25) is 0 Å². The highest BCUT2D eigenvalue weighted by Crippen LogP contribution is 2.36. The molecule has 30 heavy (non-hydrogen) atoms. The molecule has 0 radical (unpaired) electrons. The van der Waals surface area contributed by atoms with Crippen LogP contribution in [0.4, 0.5) is 8.78 Å². The van der Waals surface area contributed by atoms with Gasteiger partial charge < -0.3 is 0 Å². The van der Waals surface area contributed by atoms with Gasteiger partial charge in [-0.1, -0.05) is 76.3 Å². The van der Waals surface area contributed by atoms with Crippen LogP contribution < -0.4 is 0 Å². The fourth-order valence-electron chi connectivity index (χ4n) is 4.71. The van der Waals surface area contributed by atoms with Gasteiger partial charge in [-0.3, -0.25) is 0 Å². The van der Waals surface area contributed by atoms with Crippen molar-refractivity contribution in [1.29, 1.82) is 0 Å². The van der Waals surface area contributed by atoms with Gasteiger partial charge in [-0.15, -0.1) is 0 Å². The first kappa shape index (κ1) is 22.5. The van der Waals surface area contributed by atoms with Crippen molar-refractivity contribution in [2.75, 3.05) is 0 Å². The molecule has 1 atom stereocenters. The molecule has 0 heterocycles. The largest absolute Gasteiger partial charge is 0.204 e. The molecule has 0 N–H and O–H groups in total. The summed E-state index contributed by atoms with van der Waals surface area (Å²) in [5.74, 6) is 6.76. The van der Waals surface area contributed by atoms with E-state index in [1.54, 1.807) is 0 Å². The summed E-state index contributed by atoms with van der Waals surface area (Å²) in [7, 11) is 0. The van der Waals surface area contributed by atoms with E-state index in [-0.39, 0.29) is 0 Å². The van der Waals surface area contributed by atoms with Crippen LogP contribution in [0.25, 0.3) is 0 Å². The lowest BCUT2D eigenvalue weighted by molar-refractivity contribution is 0.204. The third-order valence-corrected chi connectivity index (χ3v) is 6.69. The van der Waals surface area contributed by atoms with E-state index in [1.807, 2.05) is 12.1 Å². The van der Waals surface area contributed by atoms with Crippen molar-refractivity contribution >= 4 is 0 Å². The Bertz CT molecular complexity index is 848. The zero-order chi connectivity index (χ0) is 21.3. The Labute approximate surface area is 181 Å². The minimum Gasteiger partial charge on any atom is -0.204 e. The lowest BCUT2D eigenvalue weighted by atomic mass is 9.73. The first-order valence-electron chi connectivity index (χ1n) is 11.6. The van der Waals surface area contributed by atoms with E-state index in [0.717, 1.165) is 36.0 Å². The van der Waals surface area contributed by atoms with Crippen LogP contribution in [0, 0.1) is 41.2 Å². The highest BCUT2D eigenvalue weighted by molar-refractivity contribution is 5.43. The fourth-order valence-corrected chi connectivity index (χ4v) is 4.71. The number of benzene rings is 2. The van der Waals surface area contributed by atoms with Crippen LogP contribution in [0.5, 0.6) is 0 Å². The predicted molar refractivity (Wildman–Crippen MR) is 121 cm³/mol. The Morgan fingerprint density at radius 3 is 2.20 bits per heavy atom. The molecule has 0 saturated heterocycles. The number of halogens is 2. The Morgan fingerprint density at radius 1 is 0.867 bits per heavy atom. The van der Waals surface area contributed by atoms with Gasteiger partial charge in [0.15, 0.2) is 11.6 Å². The lowest BCUT2D eigenvalue weighted by Gasteiger charge is -2.32. The predicted octanol–water partition coefficient (Wildman–Crippen LogP) is 7.93. The van der Waals surface area contributed by atoms with Gasteiger partial charge in [-0.25, -0.2) is 8.78 Å². The lowest BCUT2D eigenvalue weighted by Crippen LogP contribution is -2.21. The molecule has 0 spiro atoms. The van der Waals surface area contributed by atoms with Gasteiger partial charge in [-0.2, -0.15) is 0 Å². The molecule has 2 heteroatoms. The quantitative estimate of drug-likeness (QED) is 0.322. The summed E-state index contributed by atoms with van der Waals surface area (Å²) in [5.41, 5.74) is 2.73. The molecule has 3 rings (SSSR count). The Balaban J connectivity index is 1.49. The number of hydrogen-bond acceptors (Lipinski definition) is 0. The summed E-state index contributed by atoms with van der Waals surface area (Å²) in [4.78, 5) is 0. The third-order valence-electron chi connectivity index (χ3n) is 6.69. The van der Waals surface area contributed by atoms with Crippen LogP contribution >= 0.6 is 0 Å². The van der Waals surface area contributed by atoms with Crippen LogP contribution in [-0.4, -0.2) is 0 Å². The van der Waals surface area contributed by atoms with E-state index >= 15 is 0 Å². The van der Waals surface area contributed by atoms with Crippen LogP contribution in [0.3, 0.4) is 0 Å². The van der Waals surface area contributed by atoms with Crippen LogP contribution in [-0.2, 0) is 6.42 Å². The Morgan fingerprint density at radius 2 is 1.53 bits per heavy atom. The van der Waals surface area contributed by atoms with E-state index < -0.39 is 11.6 Å². The topological polar surface area (TPSA) is 0 Å². The minimum absolute atomic E-state index is 0.483. The molecular formula is C28H34F2. The summed E-state index contributed by atoms with van der Waals surface area (Å²) in [6.07, 6.45) is 12.3. The van der Waals surface area contributed by atoms with Crippen LogP contribution in [0.15, 0.2) is 42.5 Å². The summed E-state index contributed by atoms with van der Waals surface area (Å²) in [5, 5.41) is 0. The normalized spacial score (nSPS) is 19.7. The SMILES string of the molecule is CCCCCC1CCC(C(C)Cc2ccc(C#Cc3ccc(F)c(F)c3)cc2)CC1. The highest BCUT2D eigenvalue weighted by atomic mass is 19.2. The van der Waals surface area contributed by atoms with E-state index in [1.165, 1.54) is 63.0 Å². The Kier molecular flexibility index (Phi) is 8.50. The first-order valence-corrected chi connectivity index (χ1v) is 11.6. The van der Waals surface area contributed by atoms with Crippen molar-refractivity contribution in [1.82, 2.24) is 0 Å². The van der Waals surface area contributed by atoms with Crippen molar-refractivity contribution in [3.05, 3.63) is 70.8 Å². The molecule has 0 bridgehead atoms. The maximum atomic E-state index is 13.3. The zero-order valence-electron chi connectivity index (χ0n) is 18.4. The van der Waals surface area contributed by atoms with Crippen molar-refractivity contribution in [3.8, 4) is 11.8 Å². The second-order valence-electron chi connectivity index (χ2n) is 9.03. The van der Waals surface area contributed by atoms with Crippen LogP contribution in [0.1, 0.15) is 81.9 Å². The number of hydrogen-bond donors (Lipinski definition) is 0. The van der Waals surface area contributed by atoms with Gasteiger partial charge >= 0.3 is 0 Å². The summed E-state index contributed by atoms with van der Waals surface area (Å²) in [6, 6.07) is 12.1. The molecule has 1 fully saturated rings. The monoisotopic (exact) mass is 408 g/mol. The second-order valence-corrected chi connectivity index (χ2v) is 9.03. The average Bonchev–Trinajstić information content (AvgIpc) is 2.76. The molecule has 1 aliphatic rings. The second kappa shape index (κ2) is 11.3. The van der Waals surface area contributed by atoms with E-state index in [9.17, 15) is 8.78 Å². The molecule has 0 amide bonds. The van der Waals surface area contributed by atoms with Gasteiger partial charge in [0.05, 0.1) is 0 Å². The smallest absolute Gasteiger partial charge is 0.160 e. The van der Waals surface area contributed by atoms with E-state index in [0.29, 0.717) is 11.5 Å². The molecule has 160 valence electrons. The van der Waals surface area contributed by atoms with Gasteiger partial charge in [0.1, 0.15) is 0 Å².